The summed E-state index contributed by atoms with van der Waals surface area (Å²) in [6.45, 7) is 2.97. The zero-order valence-electron chi connectivity index (χ0n) is 38.1. The Hall–Kier alpha value is -7.22. The van der Waals surface area contributed by atoms with Crippen molar-refractivity contribution in [3.8, 4) is 11.3 Å². The van der Waals surface area contributed by atoms with Gasteiger partial charge in [-0.05, 0) is 43.3 Å². The highest BCUT2D eigenvalue weighted by molar-refractivity contribution is 7.20. The minimum atomic E-state index is -6.13. The highest BCUT2D eigenvalue weighted by Gasteiger charge is 2.47. The first kappa shape index (κ1) is 59.0. The Kier molecular flexibility index (Phi) is 15.8. The molecule has 7 aromatic rings. The molecule has 1 aromatic heterocycles. The summed E-state index contributed by atoms with van der Waals surface area (Å²) in [4.78, 5) is 4.27. The predicted octanol–water partition coefficient (Wildman–Crippen LogP) is 14.6. The van der Waals surface area contributed by atoms with Crippen LogP contribution < -0.4 is 26.4 Å². The first-order valence-corrected chi connectivity index (χ1v) is 21.4. The van der Waals surface area contributed by atoms with E-state index >= 15 is 0 Å². The van der Waals surface area contributed by atoms with Crippen LogP contribution in [-0.2, 0) is 56.0 Å². The van der Waals surface area contributed by atoms with E-state index in [1.54, 1.807) is 0 Å². The fourth-order valence-electron chi connectivity index (χ4n) is 8.42. The Balaban J connectivity index is 0.000000397. The summed E-state index contributed by atoms with van der Waals surface area (Å²) in [5.41, 5.74) is -25.3. The highest BCUT2D eigenvalue weighted by atomic mass is 19.4. The van der Waals surface area contributed by atoms with Crippen molar-refractivity contribution in [1.29, 1.82) is 0 Å². The monoisotopic (exact) mass is 1120 g/mol. The molecule has 2 nitrogen and oxygen atoms in total. The maximum absolute atomic E-state index is 14.2. The van der Waals surface area contributed by atoms with Gasteiger partial charge in [0.25, 0.3) is 0 Å². The average molecular weight is 1120 g/mol. The fraction of sp³-hybridized carbons (Fsp3) is 0.200. The van der Waals surface area contributed by atoms with E-state index in [-0.39, 0.29) is 0 Å². The number of rotatable bonds is 7. The van der Waals surface area contributed by atoms with Crippen molar-refractivity contribution in [2.75, 3.05) is 0 Å². The number of hydrogen-bond donors (Lipinski definition) is 0. The van der Waals surface area contributed by atoms with E-state index < -0.39 is 195 Å². The zero-order valence-corrected chi connectivity index (χ0v) is 38.1. The Morgan fingerprint density at radius 1 is 0.364 bits per heavy atom. The highest BCUT2D eigenvalue weighted by Crippen LogP contribution is 2.41. The lowest BCUT2D eigenvalue weighted by Crippen LogP contribution is -2.75. The Labute approximate surface area is 418 Å². The molecule has 0 fully saturated rings. The summed E-state index contributed by atoms with van der Waals surface area (Å²) in [6.07, 6.45) is -49.0. The van der Waals surface area contributed by atoms with Crippen molar-refractivity contribution in [2.24, 2.45) is 0 Å². The van der Waals surface area contributed by atoms with Gasteiger partial charge in [-0.3, -0.25) is 4.98 Å². The van der Waals surface area contributed by atoms with Crippen LogP contribution in [0.2, 0.25) is 0 Å². The number of aryl methyl sites for hydroxylation is 1. The lowest BCUT2D eigenvalue weighted by molar-refractivity contribution is -0.678. The molecule has 0 radical (unpaired) electrons. The molecule has 0 N–H and O–H groups in total. The van der Waals surface area contributed by atoms with Gasteiger partial charge in [-0.25, -0.2) is 0 Å². The molecule has 77 heavy (non-hydrogen) atoms. The molecule has 0 aliphatic rings. The number of nitrogens with zero attached hydrogens (tertiary/aromatic N) is 2. The number of benzene rings is 6. The summed E-state index contributed by atoms with van der Waals surface area (Å²) < 4.78 is 343. The molecule has 7 rings (SSSR count). The number of halogens is 24. The summed E-state index contributed by atoms with van der Waals surface area (Å²) in [5.74, 6) is 0. The van der Waals surface area contributed by atoms with Gasteiger partial charge in [0.15, 0.2) is 12.7 Å². The second kappa shape index (κ2) is 20.6. The number of hydrogen-bond acceptors (Lipinski definition) is 1. The molecule has 410 valence electrons. The van der Waals surface area contributed by atoms with Gasteiger partial charge in [-0.15, -0.1) is 0 Å². The summed E-state index contributed by atoms with van der Waals surface area (Å²) in [7, 11) is 0. The Bertz CT molecular complexity index is 2800. The van der Waals surface area contributed by atoms with Gasteiger partial charge in [0.05, 0.1) is 56.9 Å². The van der Waals surface area contributed by atoms with Gasteiger partial charge < -0.3 is 0 Å². The van der Waals surface area contributed by atoms with E-state index in [0.717, 1.165) is 12.2 Å². The van der Waals surface area contributed by atoms with Crippen molar-refractivity contribution in [2.45, 2.75) is 62.9 Å². The molecule has 1 heterocycles. The van der Waals surface area contributed by atoms with Crippen LogP contribution in [0.3, 0.4) is 0 Å². The molecule has 6 aromatic carbocycles. The van der Waals surface area contributed by atoms with Crippen molar-refractivity contribution in [3.63, 3.8) is 0 Å². The SMILES string of the molecule is Cc1cccc(-c2cncc[n+]2Cc2ccccc2)c1.FC(F)(F)c1cc([B-](c2cc(C(F)(F)F)cc(C(F)(F)F)c2)(c2cc(C(F)(F)F)cc(C(F)(F)F)c2)c2cc(C(F)(F)F)cc(C(F)(F)F)c2)cc(C(F)(F)F)c1. The van der Waals surface area contributed by atoms with Crippen molar-refractivity contribution >= 4 is 28.0 Å². The van der Waals surface area contributed by atoms with Crippen molar-refractivity contribution < 1.29 is 110 Å². The third kappa shape index (κ3) is 13.7. The predicted molar refractivity (Wildman–Crippen MR) is 230 cm³/mol. The summed E-state index contributed by atoms with van der Waals surface area (Å²) in [6, 6.07) is 10.2. The lowest BCUT2D eigenvalue weighted by atomic mass is 9.12. The summed E-state index contributed by atoms with van der Waals surface area (Å²) >= 11 is 0. The normalized spacial score (nSPS) is 13.3. The first-order valence-electron chi connectivity index (χ1n) is 21.4. The Morgan fingerprint density at radius 3 is 0.935 bits per heavy atom. The van der Waals surface area contributed by atoms with E-state index in [1.807, 2.05) is 24.7 Å². The molecule has 0 spiro atoms. The second-order valence-corrected chi connectivity index (χ2v) is 17.2. The first-order chi connectivity index (χ1) is 35.1. The average Bonchev–Trinajstić information content (AvgIpc) is 3.30. The molecule has 0 unspecified atom stereocenters. The molecule has 0 aliphatic carbocycles. The lowest BCUT2D eigenvalue weighted by Gasteiger charge is -2.46. The summed E-state index contributed by atoms with van der Waals surface area (Å²) in [5, 5.41) is 0. The Morgan fingerprint density at radius 2 is 0.662 bits per heavy atom. The van der Waals surface area contributed by atoms with Crippen LogP contribution in [0.4, 0.5) is 105 Å². The smallest absolute Gasteiger partial charge is 0.252 e. The van der Waals surface area contributed by atoms with E-state index in [0.29, 0.717) is 0 Å². The zero-order chi connectivity index (χ0) is 57.7. The van der Waals surface area contributed by atoms with Crippen LogP contribution in [0.1, 0.15) is 55.6 Å². The van der Waals surface area contributed by atoms with E-state index in [2.05, 4.69) is 65.0 Å². The minimum Gasteiger partial charge on any atom is -0.252 e. The standard InChI is InChI=1S/C32H12BF24.C18H17N2/c34-25(35,36)13-1-14(26(37,38)39)6-21(5-13)33(22-7-15(27(40,41)42)2-16(8-22)28(43,44)45,23-9-17(29(46,47)48)3-18(10-23)30(49,50)51)24-11-19(31(52,53)54)4-20(12-24)32(55,56)57;1-15-6-5-9-17(12-15)18-13-19-10-11-20(18)14-16-7-3-2-4-8-16/h1-12H;2-13H,14H2,1H3/q-1;+1. The topological polar surface area (TPSA) is 16.8 Å². The molecule has 0 bridgehead atoms. The maximum Gasteiger partial charge on any atom is 0.416 e. The van der Waals surface area contributed by atoms with Crippen molar-refractivity contribution in [3.05, 3.63) is 202 Å². The number of alkyl halides is 24. The van der Waals surface area contributed by atoms with Gasteiger partial charge >= 0.3 is 49.4 Å². The van der Waals surface area contributed by atoms with E-state index in [9.17, 15) is 105 Å². The van der Waals surface area contributed by atoms with E-state index in [1.165, 1.54) is 16.7 Å². The van der Waals surface area contributed by atoms with E-state index in [4.69, 9.17) is 0 Å². The van der Waals surface area contributed by atoms with Gasteiger partial charge in [0, 0.05) is 11.1 Å². The number of aromatic nitrogens is 2. The maximum atomic E-state index is 14.2. The van der Waals surface area contributed by atoms with Crippen LogP contribution in [0.15, 0.2) is 146 Å². The van der Waals surface area contributed by atoms with Gasteiger partial charge in [-0.2, -0.15) is 132 Å². The minimum absolute atomic E-state index is 0.691. The van der Waals surface area contributed by atoms with Gasteiger partial charge in [0.1, 0.15) is 6.15 Å². The third-order valence-corrected chi connectivity index (χ3v) is 11.8. The van der Waals surface area contributed by atoms with Crippen molar-refractivity contribution in [1.82, 2.24) is 4.98 Å². The largest absolute Gasteiger partial charge is 0.416 e. The molecular weight excluding hydrogens is 1100 g/mol. The molecule has 27 heteroatoms. The molecule has 0 atom stereocenters. The fourth-order valence-corrected chi connectivity index (χ4v) is 8.42. The van der Waals surface area contributed by atoms with Crippen LogP contribution in [0.5, 0.6) is 0 Å². The quantitative estimate of drug-likeness (QED) is 0.0883. The molecule has 0 amide bonds. The molecule has 0 saturated carbocycles. The molecule has 0 saturated heterocycles. The molecular formula is C50H29BF24N2. The van der Waals surface area contributed by atoms with Crippen LogP contribution in [0, 0.1) is 6.92 Å². The van der Waals surface area contributed by atoms with Gasteiger partial charge in [-0.1, -0.05) is 96.6 Å². The van der Waals surface area contributed by atoms with Crippen LogP contribution in [0.25, 0.3) is 11.3 Å². The second-order valence-electron chi connectivity index (χ2n) is 17.2. The van der Waals surface area contributed by atoms with Crippen LogP contribution in [-0.4, -0.2) is 11.1 Å². The van der Waals surface area contributed by atoms with Crippen LogP contribution >= 0.6 is 0 Å². The molecule has 0 aliphatic heterocycles. The van der Waals surface area contributed by atoms with Gasteiger partial charge in [0.2, 0.25) is 5.69 Å². The third-order valence-electron chi connectivity index (χ3n) is 11.8.